The minimum Gasteiger partial charge on any atom is -0.433 e. The second-order valence-corrected chi connectivity index (χ2v) is 5.43. The summed E-state index contributed by atoms with van der Waals surface area (Å²) in [7, 11) is -2.86. The monoisotopic (exact) mass is 250 g/mol. The van der Waals surface area contributed by atoms with Crippen LogP contribution in [-0.2, 0) is 18.8 Å². The molecule has 0 amide bonds. The van der Waals surface area contributed by atoms with E-state index in [1.54, 1.807) is 6.92 Å². The largest absolute Gasteiger partial charge is 0.433 e. The van der Waals surface area contributed by atoms with Gasteiger partial charge in [0.25, 0.3) is 0 Å². The lowest BCUT2D eigenvalue weighted by atomic mass is 10.3. The smallest absolute Gasteiger partial charge is 0.335 e. The fraction of sp³-hybridized carbons (Fsp3) is 0.700. The Balaban J connectivity index is 4.43. The van der Waals surface area contributed by atoms with Gasteiger partial charge in [-0.25, -0.2) is 4.79 Å². The van der Waals surface area contributed by atoms with Gasteiger partial charge in [-0.15, -0.1) is 0 Å². The van der Waals surface area contributed by atoms with Gasteiger partial charge in [-0.05, 0) is 27.2 Å². The van der Waals surface area contributed by atoms with Gasteiger partial charge in [-0.3, -0.25) is 4.57 Å². The number of esters is 1. The normalized spacial score (nSPS) is 18.3. The van der Waals surface area contributed by atoms with Crippen molar-refractivity contribution in [2.45, 2.75) is 45.7 Å². The molecule has 0 radical (unpaired) electrons. The molecule has 1 N–H and O–H groups in total. The molecule has 0 fully saturated rings. The van der Waals surface area contributed by atoms with E-state index in [4.69, 9.17) is 14.4 Å². The molecule has 0 saturated heterocycles. The fourth-order valence-corrected chi connectivity index (χ4v) is 1.50. The molecule has 0 aliphatic carbocycles. The summed E-state index contributed by atoms with van der Waals surface area (Å²) in [5.41, 5.74) is 0.255. The lowest BCUT2D eigenvalue weighted by molar-refractivity contribution is -0.186. The third kappa shape index (κ3) is 4.47. The molecule has 0 aromatic rings. The Labute approximate surface area is 96.3 Å². The SMILES string of the molecule is C=C(C)C(=O)OC(C)OC(C)(CC)[PH](=O)O. The zero-order chi connectivity index (χ0) is 12.9. The average molecular weight is 250 g/mol. The van der Waals surface area contributed by atoms with Crippen LogP contribution in [0.3, 0.4) is 0 Å². The highest BCUT2D eigenvalue weighted by Gasteiger charge is 2.32. The van der Waals surface area contributed by atoms with Crippen molar-refractivity contribution in [3.63, 3.8) is 0 Å². The summed E-state index contributed by atoms with van der Waals surface area (Å²) in [5.74, 6) is -0.580. The highest BCUT2D eigenvalue weighted by Crippen LogP contribution is 2.39. The van der Waals surface area contributed by atoms with Gasteiger partial charge < -0.3 is 14.4 Å². The molecule has 0 aromatic carbocycles. The molecule has 3 atom stereocenters. The van der Waals surface area contributed by atoms with E-state index in [1.807, 2.05) is 0 Å². The van der Waals surface area contributed by atoms with Crippen LogP contribution < -0.4 is 0 Å². The molecule has 94 valence electrons. The van der Waals surface area contributed by atoms with E-state index in [1.165, 1.54) is 20.8 Å². The first-order valence-corrected chi connectivity index (χ1v) is 6.36. The summed E-state index contributed by atoms with van der Waals surface area (Å²) in [5, 5.41) is -1.17. The summed E-state index contributed by atoms with van der Waals surface area (Å²) in [6.45, 7) is 9.68. The van der Waals surface area contributed by atoms with Crippen LogP contribution in [-0.4, -0.2) is 22.5 Å². The number of carbonyl (C=O) groups excluding carboxylic acids is 1. The highest BCUT2D eigenvalue weighted by atomic mass is 31.1. The van der Waals surface area contributed by atoms with Crippen LogP contribution in [0.5, 0.6) is 0 Å². The summed E-state index contributed by atoms with van der Waals surface area (Å²) < 4.78 is 21.2. The van der Waals surface area contributed by atoms with E-state index >= 15 is 0 Å². The summed E-state index contributed by atoms with van der Waals surface area (Å²) in [6, 6.07) is 0. The number of ether oxygens (including phenoxy) is 2. The van der Waals surface area contributed by atoms with Crippen LogP contribution in [0.15, 0.2) is 12.2 Å². The third-order valence-corrected chi connectivity index (χ3v) is 3.55. The van der Waals surface area contributed by atoms with Crippen LogP contribution in [0.2, 0.25) is 0 Å². The predicted octanol–water partition coefficient (Wildman–Crippen LogP) is 2.06. The molecule has 16 heavy (non-hydrogen) atoms. The van der Waals surface area contributed by atoms with Gasteiger partial charge in [0.05, 0.1) is 0 Å². The molecule has 6 heteroatoms. The lowest BCUT2D eigenvalue weighted by Crippen LogP contribution is -2.31. The minimum absolute atomic E-state index is 0.255. The second-order valence-electron chi connectivity index (χ2n) is 3.76. The Hall–Kier alpha value is -0.640. The molecule has 3 unspecified atom stereocenters. The molecular weight excluding hydrogens is 231 g/mol. The Morgan fingerprint density at radius 1 is 1.62 bits per heavy atom. The number of rotatable bonds is 6. The highest BCUT2D eigenvalue weighted by molar-refractivity contribution is 7.39. The quantitative estimate of drug-likeness (QED) is 0.338. The van der Waals surface area contributed by atoms with Gasteiger partial charge >= 0.3 is 5.97 Å². The van der Waals surface area contributed by atoms with Gasteiger partial charge in [-0.1, -0.05) is 13.5 Å². The van der Waals surface area contributed by atoms with Crippen molar-refractivity contribution in [2.75, 3.05) is 0 Å². The molecule has 0 bridgehead atoms. The molecule has 0 aromatic heterocycles. The van der Waals surface area contributed by atoms with Crippen molar-refractivity contribution in [3.8, 4) is 0 Å². The molecular formula is C10H19O5P. The Bertz CT molecular complexity index is 302. The molecule has 0 saturated carbocycles. The van der Waals surface area contributed by atoms with E-state index in [0.717, 1.165) is 0 Å². The van der Waals surface area contributed by atoms with Crippen LogP contribution >= 0.6 is 8.03 Å². The number of carbonyl (C=O) groups is 1. The molecule has 0 aliphatic rings. The van der Waals surface area contributed by atoms with Crippen molar-refractivity contribution in [2.24, 2.45) is 0 Å². The van der Waals surface area contributed by atoms with Gasteiger partial charge in [0, 0.05) is 5.57 Å². The first-order chi connectivity index (χ1) is 7.23. The first kappa shape index (κ1) is 15.4. The lowest BCUT2D eigenvalue weighted by Gasteiger charge is -2.28. The summed E-state index contributed by atoms with van der Waals surface area (Å²) in [4.78, 5) is 20.3. The van der Waals surface area contributed by atoms with Gasteiger partial charge in [-0.2, -0.15) is 0 Å². The predicted molar refractivity (Wildman–Crippen MR) is 61.4 cm³/mol. The molecule has 0 aliphatic heterocycles. The summed E-state index contributed by atoms with van der Waals surface area (Å²) in [6.07, 6.45) is -0.522. The Morgan fingerprint density at radius 2 is 2.12 bits per heavy atom. The van der Waals surface area contributed by atoms with Crippen molar-refractivity contribution in [1.29, 1.82) is 0 Å². The van der Waals surface area contributed by atoms with E-state index in [9.17, 15) is 9.36 Å². The van der Waals surface area contributed by atoms with E-state index in [0.29, 0.717) is 6.42 Å². The minimum atomic E-state index is -2.86. The van der Waals surface area contributed by atoms with Crippen LogP contribution in [0, 0.1) is 0 Å². The molecule has 0 spiro atoms. The van der Waals surface area contributed by atoms with E-state index in [-0.39, 0.29) is 5.57 Å². The standard InChI is InChI=1S/C10H19O5P/c1-6-10(5,16(12)13)15-8(4)14-9(11)7(2)3/h8,16H,2,6H2,1,3-5H3,(H,12,13). The number of hydrogen-bond acceptors (Lipinski definition) is 4. The fourth-order valence-electron chi connectivity index (χ4n) is 0.927. The maximum atomic E-state index is 11.2. The van der Waals surface area contributed by atoms with E-state index < -0.39 is 25.6 Å². The second kappa shape index (κ2) is 6.18. The Morgan fingerprint density at radius 3 is 2.44 bits per heavy atom. The van der Waals surface area contributed by atoms with Crippen molar-refractivity contribution >= 4 is 14.0 Å². The molecule has 5 nitrogen and oxygen atoms in total. The van der Waals surface area contributed by atoms with Crippen molar-refractivity contribution in [1.82, 2.24) is 0 Å². The maximum absolute atomic E-state index is 11.2. The third-order valence-electron chi connectivity index (χ3n) is 2.17. The van der Waals surface area contributed by atoms with E-state index in [2.05, 4.69) is 6.58 Å². The zero-order valence-electron chi connectivity index (χ0n) is 10.1. The van der Waals surface area contributed by atoms with Crippen LogP contribution in [0.4, 0.5) is 0 Å². The Kier molecular flexibility index (Phi) is 5.94. The molecule has 0 rings (SSSR count). The van der Waals surface area contributed by atoms with Gasteiger partial charge in [0.2, 0.25) is 14.3 Å². The van der Waals surface area contributed by atoms with Crippen LogP contribution in [0.1, 0.15) is 34.1 Å². The molecule has 0 heterocycles. The van der Waals surface area contributed by atoms with Gasteiger partial charge in [0.1, 0.15) is 5.34 Å². The number of hydrogen-bond donors (Lipinski definition) is 1. The maximum Gasteiger partial charge on any atom is 0.335 e. The summed E-state index contributed by atoms with van der Waals surface area (Å²) >= 11 is 0. The first-order valence-electron chi connectivity index (χ1n) is 5.00. The van der Waals surface area contributed by atoms with Crippen molar-refractivity contribution < 1.29 is 23.7 Å². The van der Waals surface area contributed by atoms with Crippen molar-refractivity contribution in [3.05, 3.63) is 12.2 Å². The average Bonchev–Trinajstić information content (AvgIpc) is 2.16. The zero-order valence-corrected chi connectivity index (χ0v) is 11.1. The topological polar surface area (TPSA) is 72.8 Å². The van der Waals surface area contributed by atoms with Gasteiger partial charge in [0.15, 0.2) is 0 Å². The van der Waals surface area contributed by atoms with Crippen LogP contribution in [0.25, 0.3) is 0 Å².